The summed E-state index contributed by atoms with van der Waals surface area (Å²) in [6.07, 6.45) is 0. The van der Waals surface area contributed by atoms with Crippen LogP contribution in [-0.2, 0) is 4.79 Å². The largest absolute Gasteiger partial charge is 1.00 e. The molecule has 42 valence electrons. The maximum absolute atomic E-state index is 10.4. The van der Waals surface area contributed by atoms with E-state index >= 15 is 0 Å². The first-order valence-corrected chi connectivity index (χ1v) is 2.31. The summed E-state index contributed by atoms with van der Waals surface area (Å²) in [5.74, 6) is -0.00694. The van der Waals surface area contributed by atoms with E-state index in [1.807, 2.05) is 20.8 Å². The molecule has 1 nitrogen and oxygen atoms in total. The van der Waals surface area contributed by atoms with Crippen LogP contribution in [0.15, 0.2) is 0 Å². The molecule has 0 aromatic heterocycles. The third kappa shape index (κ3) is 4.30. The maximum atomic E-state index is 10.4. The Hall–Kier alpha value is 0.137. The summed E-state index contributed by atoms with van der Waals surface area (Å²) in [5.41, 5.74) is -0.250. The molecule has 0 aliphatic rings. The van der Waals surface area contributed by atoms with Gasteiger partial charge >= 0.3 is 18.9 Å². The summed E-state index contributed by atoms with van der Waals surface area (Å²) in [6.45, 7) is 8.82. The first-order valence-electron chi connectivity index (χ1n) is 2.31. The summed E-state index contributed by atoms with van der Waals surface area (Å²) in [5, 5.41) is 0. The average molecular weight is 106 g/mol. The van der Waals surface area contributed by atoms with Gasteiger partial charge in [0.15, 0.2) is 0 Å². The van der Waals surface area contributed by atoms with Crippen molar-refractivity contribution in [1.29, 1.82) is 0 Å². The quantitative estimate of drug-likeness (QED) is 0.269. The van der Waals surface area contributed by atoms with Crippen LogP contribution in [0.25, 0.3) is 0 Å². The van der Waals surface area contributed by atoms with Crippen LogP contribution < -0.4 is 18.9 Å². The Morgan fingerprint density at radius 3 is 1.50 bits per heavy atom. The standard InChI is InChI=1S/C6H11O.Li/c1-5(7)6(2,3)4;/h1H2,2-4H3;/q-1;+1. The third-order valence-electron chi connectivity index (χ3n) is 0.837. The van der Waals surface area contributed by atoms with Gasteiger partial charge in [-0.05, 0) is 5.41 Å². The molecule has 0 aliphatic carbocycles. The molecule has 0 bridgehead atoms. The second-order valence-electron chi connectivity index (χ2n) is 2.67. The number of Topliss-reactive ketones (excluding diaryl/α,β-unsaturated/α-hetero) is 1. The van der Waals surface area contributed by atoms with E-state index in [4.69, 9.17) is 0 Å². The number of carbonyl (C=O) groups excluding carboxylic acids is 1. The zero-order valence-corrected chi connectivity index (χ0v) is 6.12. The SMILES string of the molecule is [CH2-]C(=O)C(C)(C)C.[Li+]. The van der Waals surface area contributed by atoms with Crippen LogP contribution in [0, 0.1) is 12.3 Å². The maximum Gasteiger partial charge on any atom is 1.00 e. The Morgan fingerprint density at radius 1 is 1.38 bits per heavy atom. The van der Waals surface area contributed by atoms with E-state index in [9.17, 15) is 4.79 Å². The minimum atomic E-state index is -0.250. The van der Waals surface area contributed by atoms with Crippen molar-refractivity contribution in [2.75, 3.05) is 0 Å². The monoisotopic (exact) mass is 106 g/mol. The van der Waals surface area contributed by atoms with E-state index in [0.29, 0.717) is 0 Å². The predicted octanol–water partition coefficient (Wildman–Crippen LogP) is -1.56. The summed E-state index contributed by atoms with van der Waals surface area (Å²) < 4.78 is 0. The van der Waals surface area contributed by atoms with Crippen LogP contribution >= 0.6 is 0 Å². The van der Waals surface area contributed by atoms with Crippen LogP contribution in [0.3, 0.4) is 0 Å². The number of hydrogen-bond acceptors (Lipinski definition) is 1. The van der Waals surface area contributed by atoms with Crippen LogP contribution in [0.4, 0.5) is 0 Å². The molecule has 0 saturated carbocycles. The van der Waals surface area contributed by atoms with Gasteiger partial charge in [-0.15, -0.1) is 0 Å². The molecule has 0 aromatic rings. The van der Waals surface area contributed by atoms with E-state index in [1.165, 1.54) is 0 Å². The van der Waals surface area contributed by atoms with Gasteiger partial charge in [0.1, 0.15) is 0 Å². The average Bonchev–Trinajstić information content (AvgIpc) is 1.31. The Morgan fingerprint density at radius 2 is 1.50 bits per heavy atom. The Balaban J connectivity index is 0. The van der Waals surface area contributed by atoms with Gasteiger partial charge in [-0.2, -0.15) is 0 Å². The van der Waals surface area contributed by atoms with Crippen molar-refractivity contribution in [2.45, 2.75) is 20.8 Å². The van der Waals surface area contributed by atoms with Gasteiger partial charge in [-0.25, -0.2) is 0 Å². The van der Waals surface area contributed by atoms with Crippen LogP contribution in [0.1, 0.15) is 20.8 Å². The Kier molecular flexibility index (Phi) is 4.43. The normalized spacial score (nSPS) is 9.88. The molecule has 0 fully saturated rings. The number of ketones is 1. The van der Waals surface area contributed by atoms with Gasteiger partial charge in [0.05, 0.1) is 0 Å². The van der Waals surface area contributed by atoms with E-state index < -0.39 is 0 Å². The third-order valence-corrected chi connectivity index (χ3v) is 0.837. The first-order chi connectivity index (χ1) is 2.94. The second-order valence-corrected chi connectivity index (χ2v) is 2.67. The van der Waals surface area contributed by atoms with Gasteiger partial charge < -0.3 is 11.7 Å². The van der Waals surface area contributed by atoms with Crippen LogP contribution in [0.5, 0.6) is 0 Å². The van der Waals surface area contributed by atoms with Gasteiger partial charge in [0.2, 0.25) is 0 Å². The fourth-order valence-corrected chi connectivity index (χ4v) is 0. The number of hydrogen-bond donors (Lipinski definition) is 0. The molecule has 0 unspecified atom stereocenters. The summed E-state index contributed by atoms with van der Waals surface area (Å²) in [7, 11) is 0. The van der Waals surface area contributed by atoms with Gasteiger partial charge in [0, 0.05) is 5.78 Å². The molecule has 0 heterocycles. The van der Waals surface area contributed by atoms with Crippen molar-refractivity contribution in [3.63, 3.8) is 0 Å². The molecule has 0 N–H and O–H groups in total. The first kappa shape index (κ1) is 11.0. The molecule has 8 heavy (non-hydrogen) atoms. The van der Waals surface area contributed by atoms with E-state index in [-0.39, 0.29) is 30.1 Å². The molecule has 0 rings (SSSR count). The molecule has 0 saturated heterocycles. The topological polar surface area (TPSA) is 17.1 Å². The van der Waals surface area contributed by atoms with Crippen molar-refractivity contribution < 1.29 is 23.7 Å². The fraction of sp³-hybridized carbons (Fsp3) is 0.667. The molecular formula is C6H11LiO. The fourth-order valence-electron chi connectivity index (χ4n) is 0. The number of rotatable bonds is 0. The Labute approximate surface area is 63.0 Å². The molecule has 0 spiro atoms. The molecule has 0 atom stereocenters. The minimum absolute atomic E-state index is 0. The van der Waals surface area contributed by atoms with Crippen molar-refractivity contribution in [1.82, 2.24) is 0 Å². The number of carbonyl (C=O) groups is 1. The summed E-state index contributed by atoms with van der Waals surface area (Å²) >= 11 is 0. The van der Waals surface area contributed by atoms with Crippen molar-refractivity contribution >= 4 is 5.78 Å². The molecular weight excluding hydrogens is 95.0 g/mol. The van der Waals surface area contributed by atoms with Crippen molar-refractivity contribution in [3.05, 3.63) is 6.92 Å². The molecule has 0 aliphatic heterocycles. The van der Waals surface area contributed by atoms with E-state index in [0.717, 1.165) is 0 Å². The van der Waals surface area contributed by atoms with Crippen molar-refractivity contribution in [3.8, 4) is 0 Å². The van der Waals surface area contributed by atoms with Crippen molar-refractivity contribution in [2.24, 2.45) is 5.41 Å². The predicted molar refractivity (Wildman–Crippen MR) is 29.8 cm³/mol. The van der Waals surface area contributed by atoms with Crippen LogP contribution in [0.2, 0.25) is 0 Å². The molecule has 0 aromatic carbocycles. The summed E-state index contributed by atoms with van der Waals surface area (Å²) in [6, 6.07) is 0. The second kappa shape index (κ2) is 3.22. The molecule has 0 amide bonds. The van der Waals surface area contributed by atoms with Crippen LogP contribution in [-0.4, -0.2) is 5.78 Å². The Bertz CT molecular complexity index is 81.0. The zero-order chi connectivity index (χ0) is 6.08. The zero-order valence-electron chi connectivity index (χ0n) is 6.12. The van der Waals surface area contributed by atoms with Gasteiger partial charge in [-0.1, -0.05) is 20.8 Å². The minimum Gasteiger partial charge on any atom is -0.339 e. The molecule has 2 heteroatoms. The molecule has 0 radical (unpaired) electrons. The van der Waals surface area contributed by atoms with E-state index in [1.54, 1.807) is 0 Å². The van der Waals surface area contributed by atoms with Gasteiger partial charge in [0.25, 0.3) is 0 Å². The summed E-state index contributed by atoms with van der Waals surface area (Å²) in [4.78, 5) is 10.4. The van der Waals surface area contributed by atoms with E-state index in [2.05, 4.69) is 6.92 Å². The van der Waals surface area contributed by atoms with Gasteiger partial charge in [-0.3, -0.25) is 0 Å². The smallest absolute Gasteiger partial charge is 0.339 e.